The zero-order valence-corrected chi connectivity index (χ0v) is 28.1. The van der Waals surface area contributed by atoms with E-state index in [-0.39, 0.29) is 10.8 Å². The Balaban J connectivity index is 1.46. The second-order valence-corrected chi connectivity index (χ2v) is 13.3. The Hall–Kier alpha value is -4.39. The Bertz CT molecular complexity index is 1780. The number of carboxylic acid groups (broad SMARTS) is 1. The van der Waals surface area contributed by atoms with Crippen molar-refractivity contribution in [3.63, 3.8) is 0 Å². The molecule has 2 atom stereocenters. The summed E-state index contributed by atoms with van der Waals surface area (Å²) in [6.45, 7) is 7.48. The number of oxime groups is 1. The van der Waals surface area contributed by atoms with Crippen LogP contribution in [0.15, 0.2) is 41.0 Å². The van der Waals surface area contributed by atoms with Crippen LogP contribution < -0.4 is 15.2 Å². The molecular weight excluding hydrogens is 656 g/mol. The van der Waals surface area contributed by atoms with Crippen molar-refractivity contribution >= 4 is 50.2 Å². The van der Waals surface area contributed by atoms with Gasteiger partial charge in [-0.3, -0.25) is 14.1 Å². The van der Waals surface area contributed by atoms with Gasteiger partial charge in [0.25, 0.3) is 12.0 Å². The molecule has 1 fully saturated rings. The van der Waals surface area contributed by atoms with Crippen LogP contribution in [0.2, 0.25) is 0 Å². The minimum absolute atomic E-state index is 0.0132. The number of aliphatic carboxylic acids is 1. The zero-order valence-electron chi connectivity index (χ0n) is 26.4. The summed E-state index contributed by atoms with van der Waals surface area (Å²) in [5, 5.41) is 15.5. The summed E-state index contributed by atoms with van der Waals surface area (Å²) in [6, 6.07) is 7.15. The topological polar surface area (TPSA) is 217 Å². The van der Waals surface area contributed by atoms with Crippen LogP contribution >= 0.6 is 11.3 Å². The standard InChI is InChI=1S/C29H36N6O10S2/c1-6-7-12-34-14-17(2)25(33(34)5)18-8-10-19(11-9-18)43-15-23(27(38)39)44-32-24(21-16-46-28(30)31-21)22(36)13-20-26(37)35(29(20,3)4)45-47(40,41)42/h8-11,14,16,20,23H,6-7,12-13,15H2,1-5H3,(H3-,30,31,38,39,40,41,42)/p+1/b32-24-/t20-,23+/m1/s1. The number of nitrogen functional groups attached to an aromatic ring is 1. The number of carbonyl (C=O) groups excluding carboxylic acids is 2. The Labute approximate surface area is 275 Å². The van der Waals surface area contributed by atoms with Crippen LogP contribution in [0.25, 0.3) is 11.3 Å². The van der Waals surface area contributed by atoms with Gasteiger partial charge < -0.3 is 20.4 Å². The molecule has 1 aliphatic rings. The maximum absolute atomic E-state index is 13.3. The molecule has 47 heavy (non-hydrogen) atoms. The molecule has 0 aliphatic carbocycles. The minimum Gasteiger partial charge on any atom is -0.489 e. The van der Waals surface area contributed by atoms with Crippen molar-refractivity contribution in [2.75, 3.05) is 12.3 Å². The predicted octanol–water partition coefficient (Wildman–Crippen LogP) is 2.31. The molecule has 4 rings (SSSR count). The number of hydrogen-bond donors (Lipinski definition) is 3. The van der Waals surface area contributed by atoms with Gasteiger partial charge in [-0.15, -0.1) is 20.3 Å². The highest BCUT2D eigenvalue weighted by Crippen LogP contribution is 2.40. The lowest BCUT2D eigenvalue weighted by molar-refractivity contribution is -0.772. The van der Waals surface area contributed by atoms with Gasteiger partial charge in [0.1, 0.15) is 23.7 Å². The average Bonchev–Trinajstić information content (AvgIpc) is 3.55. The summed E-state index contributed by atoms with van der Waals surface area (Å²) < 4.78 is 45.5. The molecule has 0 spiro atoms. The lowest BCUT2D eigenvalue weighted by atomic mass is 9.74. The normalized spacial score (nSPS) is 16.9. The highest BCUT2D eigenvalue weighted by atomic mass is 32.3. The van der Waals surface area contributed by atoms with Crippen LogP contribution in [0.3, 0.4) is 0 Å². The second-order valence-electron chi connectivity index (χ2n) is 11.4. The minimum atomic E-state index is -4.98. The van der Waals surface area contributed by atoms with E-state index >= 15 is 0 Å². The van der Waals surface area contributed by atoms with E-state index in [0.717, 1.165) is 47.5 Å². The molecule has 1 saturated heterocycles. The van der Waals surface area contributed by atoms with Crippen LogP contribution in [-0.2, 0) is 47.5 Å². The molecule has 2 aromatic heterocycles. The van der Waals surface area contributed by atoms with E-state index in [1.807, 2.05) is 26.1 Å². The number of hydrogen-bond acceptors (Lipinski definition) is 12. The van der Waals surface area contributed by atoms with Crippen molar-refractivity contribution < 1.29 is 51.0 Å². The Kier molecular flexibility index (Phi) is 10.7. The fourth-order valence-corrected chi connectivity index (χ4v) is 6.14. The fourth-order valence-electron chi connectivity index (χ4n) is 5.13. The number of carboxylic acids is 1. The van der Waals surface area contributed by atoms with Crippen LogP contribution in [0.1, 0.15) is 51.3 Å². The molecule has 18 heteroatoms. The number of aryl methyl sites for hydroxylation is 2. The van der Waals surface area contributed by atoms with Crippen molar-refractivity contribution in [1.82, 2.24) is 14.7 Å². The molecule has 0 unspecified atom stereocenters. The number of nitrogens with two attached hydrogens (primary N) is 1. The molecule has 3 aromatic rings. The monoisotopic (exact) mass is 693 g/mol. The molecular formula is C29H37N6O10S2+. The summed E-state index contributed by atoms with van der Waals surface area (Å²) >= 11 is 0.994. The molecule has 0 saturated carbocycles. The second kappa shape index (κ2) is 14.2. The molecule has 3 heterocycles. The number of ether oxygens (including phenoxy) is 1. The number of β-lactam (4-membered cyclic amide) rings is 1. The third kappa shape index (κ3) is 8.13. The van der Waals surface area contributed by atoms with Crippen LogP contribution in [0.4, 0.5) is 5.13 Å². The van der Waals surface area contributed by atoms with E-state index < -0.39 is 64.4 Å². The maximum Gasteiger partial charge on any atom is 0.418 e. The Morgan fingerprint density at radius 1 is 1.26 bits per heavy atom. The number of aromatic nitrogens is 3. The fraction of sp³-hybridized carbons (Fsp3) is 0.448. The van der Waals surface area contributed by atoms with E-state index in [9.17, 15) is 27.9 Å². The number of anilines is 1. The van der Waals surface area contributed by atoms with Gasteiger partial charge >= 0.3 is 16.4 Å². The first kappa shape index (κ1) is 35.5. The van der Waals surface area contributed by atoms with Crippen LogP contribution in [0, 0.1) is 12.8 Å². The number of benzene rings is 1. The number of thiazole rings is 1. The summed E-state index contributed by atoms with van der Waals surface area (Å²) in [5.41, 5.74) is 7.10. The number of ketones is 1. The first-order valence-electron chi connectivity index (χ1n) is 14.5. The van der Waals surface area contributed by atoms with E-state index in [1.165, 1.54) is 19.2 Å². The molecule has 4 N–H and O–H groups in total. The van der Waals surface area contributed by atoms with Gasteiger partial charge in [0, 0.05) is 29.3 Å². The highest BCUT2D eigenvalue weighted by Gasteiger charge is 2.57. The van der Waals surface area contributed by atoms with Gasteiger partial charge in [-0.2, -0.15) is 18.2 Å². The number of hydroxylamine groups is 2. The van der Waals surface area contributed by atoms with E-state index in [0.29, 0.717) is 10.8 Å². The van der Waals surface area contributed by atoms with Gasteiger partial charge in [-0.25, -0.2) is 9.78 Å². The smallest absolute Gasteiger partial charge is 0.418 e. The van der Waals surface area contributed by atoms with E-state index in [2.05, 4.69) is 36.9 Å². The van der Waals surface area contributed by atoms with Crippen molar-refractivity contribution in [3.8, 4) is 17.0 Å². The molecule has 1 amide bonds. The van der Waals surface area contributed by atoms with Gasteiger partial charge in [0.2, 0.25) is 0 Å². The van der Waals surface area contributed by atoms with E-state index in [4.69, 9.17) is 19.9 Å². The summed E-state index contributed by atoms with van der Waals surface area (Å²) in [6.07, 6.45) is 2.11. The molecule has 16 nitrogen and oxygen atoms in total. The SMILES string of the molecule is CCCC[n+]1cc(C)c(-c2ccc(OC[C@H](O/N=C(\C(=O)C[C@@H]3C(=O)N(OS(=O)(=O)O)C3(C)C)c3csc(N)n3)C(=O)O)cc2)n1C. The lowest BCUT2D eigenvalue weighted by Crippen LogP contribution is -2.68. The number of unbranched alkanes of at least 4 members (excludes halogenated alkanes) is 1. The summed E-state index contributed by atoms with van der Waals surface area (Å²) in [5.74, 6) is -3.75. The molecule has 1 aromatic carbocycles. The molecule has 254 valence electrons. The quantitative estimate of drug-likeness (QED) is 0.0648. The highest BCUT2D eigenvalue weighted by molar-refractivity contribution is 7.80. The Morgan fingerprint density at radius 2 is 1.94 bits per heavy atom. The van der Waals surface area contributed by atoms with Crippen molar-refractivity contribution in [3.05, 3.63) is 47.1 Å². The van der Waals surface area contributed by atoms with Crippen molar-refractivity contribution in [2.24, 2.45) is 18.1 Å². The summed E-state index contributed by atoms with van der Waals surface area (Å²) in [7, 11) is -2.99. The van der Waals surface area contributed by atoms with Crippen LogP contribution in [-0.4, -0.2) is 74.4 Å². The van der Waals surface area contributed by atoms with Gasteiger partial charge in [-0.1, -0.05) is 18.5 Å². The third-order valence-electron chi connectivity index (χ3n) is 7.70. The first-order valence-corrected chi connectivity index (χ1v) is 16.8. The number of amides is 1. The molecule has 0 bridgehead atoms. The Morgan fingerprint density at radius 3 is 2.49 bits per heavy atom. The molecule has 1 aliphatic heterocycles. The predicted molar refractivity (Wildman–Crippen MR) is 168 cm³/mol. The lowest BCUT2D eigenvalue weighted by Gasteiger charge is -2.50. The number of Topliss-reactive ketones (excluding diaryl/α,β-unsaturated/α-hetero) is 1. The van der Waals surface area contributed by atoms with Gasteiger partial charge in [0.05, 0.1) is 18.5 Å². The largest absolute Gasteiger partial charge is 0.489 e. The maximum atomic E-state index is 13.3. The summed E-state index contributed by atoms with van der Waals surface area (Å²) in [4.78, 5) is 47.2. The van der Waals surface area contributed by atoms with Crippen molar-refractivity contribution in [1.29, 1.82) is 0 Å². The van der Waals surface area contributed by atoms with Crippen molar-refractivity contribution in [2.45, 2.75) is 65.1 Å². The first-order chi connectivity index (χ1) is 22.0. The number of carbonyl (C=O) groups is 3. The molecule has 0 radical (unpaired) electrons. The zero-order chi connectivity index (χ0) is 34.7. The number of rotatable bonds is 16. The van der Waals surface area contributed by atoms with Crippen LogP contribution in [0.5, 0.6) is 5.75 Å². The van der Waals surface area contributed by atoms with E-state index in [1.54, 1.807) is 12.1 Å². The van der Waals surface area contributed by atoms with Gasteiger partial charge in [-0.05, 0) is 45.0 Å². The third-order valence-corrected chi connectivity index (χ3v) is 8.71. The number of nitrogens with zero attached hydrogens (tertiary/aromatic N) is 5. The average molecular weight is 694 g/mol. The van der Waals surface area contributed by atoms with Gasteiger partial charge in [0.15, 0.2) is 29.4 Å².